The Kier molecular flexibility index (Phi) is 7.49. The van der Waals surface area contributed by atoms with Crippen LogP contribution in [0.3, 0.4) is 0 Å². The molecule has 8 nitrogen and oxygen atoms in total. The number of imide groups is 1. The van der Waals surface area contributed by atoms with Gasteiger partial charge in [0.2, 0.25) is 11.8 Å². The van der Waals surface area contributed by atoms with Gasteiger partial charge in [-0.3, -0.25) is 14.5 Å². The summed E-state index contributed by atoms with van der Waals surface area (Å²) < 4.78 is 5.34. The van der Waals surface area contributed by atoms with E-state index in [9.17, 15) is 19.5 Å². The van der Waals surface area contributed by atoms with E-state index in [1.807, 2.05) is 6.07 Å². The lowest BCUT2D eigenvalue weighted by molar-refractivity contribution is -0.133. The van der Waals surface area contributed by atoms with E-state index < -0.39 is 36.3 Å². The average molecular weight is 446 g/mol. The summed E-state index contributed by atoms with van der Waals surface area (Å²) in [6.45, 7) is -0.673. The molecule has 0 saturated carbocycles. The summed E-state index contributed by atoms with van der Waals surface area (Å²) in [5, 5.41) is 15.5. The molecule has 0 spiro atoms. The summed E-state index contributed by atoms with van der Waals surface area (Å²) in [5.41, 5.74) is 1.38. The quantitative estimate of drug-likeness (QED) is 0.629. The van der Waals surface area contributed by atoms with Gasteiger partial charge in [0.05, 0.1) is 25.7 Å². The van der Waals surface area contributed by atoms with Crippen LogP contribution in [-0.4, -0.2) is 54.7 Å². The minimum absolute atomic E-state index is 0.0826. The summed E-state index contributed by atoms with van der Waals surface area (Å²) in [7, 11) is 1.52. The predicted molar refractivity (Wildman–Crippen MR) is 115 cm³/mol. The first kappa shape index (κ1) is 22.6. The highest BCUT2D eigenvalue weighted by molar-refractivity contribution is 6.30. The molecule has 2 aromatic rings. The van der Waals surface area contributed by atoms with Crippen molar-refractivity contribution in [3.8, 4) is 5.75 Å². The van der Waals surface area contributed by atoms with Crippen molar-refractivity contribution in [3.05, 3.63) is 64.7 Å². The van der Waals surface area contributed by atoms with Gasteiger partial charge in [0.15, 0.2) is 0 Å². The van der Waals surface area contributed by atoms with Gasteiger partial charge in [-0.2, -0.15) is 0 Å². The largest absolute Gasteiger partial charge is 0.496 e. The summed E-state index contributed by atoms with van der Waals surface area (Å²) in [5.74, 6) is -1.06. The molecule has 1 saturated heterocycles. The molecule has 1 fully saturated rings. The van der Waals surface area contributed by atoms with Crippen molar-refractivity contribution >= 4 is 29.4 Å². The molecular formula is C22H24ClN3O5. The first-order chi connectivity index (χ1) is 14.9. The van der Waals surface area contributed by atoms with Crippen LogP contribution in [0.1, 0.15) is 17.2 Å². The minimum Gasteiger partial charge on any atom is -0.496 e. The van der Waals surface area contributed by atoms with Crippen LogP contribution >= 0.6 is 11.6 Å². The number of carbonyl (C=O) groups is 3. The number of nitrogens with one attached hydrogen (secondary N) is 2. The van der Waals surface area contributed by atoms with Gasteiger partial charge < -0.3 is 20.5 Å². The number of halogens is 1. The van der Waals surface area contributed by atoms with Crippen LogP contribution in [0, 0.1) is 5.92 Å². The lowest BCUT2D eigenvalue weighted by Crippen LogP contribution is -2.49. The Morgan fingerprint density at radius 2 is 2.03 bits per heavy atom. The molecule has 2 atom stereocenters. The molecular weight excluding hydrogens is 422 g/mol. The topological polar surface area (TPSA) is 108 Å². The number of methoxy groups -OCH3 is 1. The van der Waals surface area contributed by atoms with E-state index in [4.69, 9.17) is 16.3 Å². The van der Waals surface area contributed by atoms with E-state index in [1.165, 1.54) is 7.11 Å². The molecule has 31 heavy (non-hydrogen) atoms. The molecule has 1 aliphatic heterocycles. The van der Waals surface area contributed by atoms with E-state index in [1.54, 1.807) is 42.5 Å². The Morgan fingerprint density at radius 3 is 2.71 bits per heavy atom. The molecule has 4 amide bonds. The van der Waals surface area contributed by atoms with Crippen LogP contribution in [0.25, 0.3) is 0 Å². The van der Waals surface area contributed by atoms with Gasteiger partial charge in [-0.1, -0.05) is 41.9 Å². The third kappa shape index (κ3) is 5.53. The molecule has 1 aliphatic rings. The summed E-state index contributed by atoms with van der Waals surface area (Å²) in [6, 6.07) is 12.5. The Morgan fingerprint density at radius 1 is 1.29 bits per heavy atom. The summed E-state index contributed by atoms with van der Waals surface area (Å²) >= 11 is 6.09. The van der Waals surface area contributed by atoms with Gasteiger partial charge in [-0.25, -0.2) is 4.79 Å². The number of carbonyl (C=O) groups excluding carboxylic acids is 3. The normalized spacial score (nSPS) is 17.5. The molecule has 3 rings (SSSR count). The first-order valence-corrected chi connectivity index (χ1v) is 10.2. The van der Waals surface area contributed by atoms with E-state index in [0.29, 0.717) is 21.9 Å². The highest BCUT2D eigenvalue weighted by atomic mass is 35.5. The summed E-state index contributed by atoms with van der Waals surface area (Å²) in [6.07, 6.45) is 0.231. The van der Waals surface area contributed by atoms with Gasteiger partial charge in [0, 0.05) is 11.6 Å². The maximum atomic E-state index is 13.2. The SMILES string of the molecule is COc1ccc(Cl)cc1CC1CNC(=O)CN(C(=O)N[C@H](CO)c2ccccc2)C1=O. The van der Waals surface area contributed by atoms with Crippen molar-refractivity contribution in [2.75, 3.05) is 26.8 Å². The molecule has 2 aromatic carbocycles. The fourth-order valence-corrected chi connectivity index (χ4v) is 3.67. The first-order valence-electron chi connectivity index (χ1n) is 9.79. The number of aliphatic hydroxyl groups excluding tert-OH is 1. The second kappa shape index (κ2) is 10.3. The lowest BCUT2D eigenvalue weighted by Gasteiger charge is -2.25. The van der Waals surface area contributed by atoms with Crippen molar-refractivity contribution in [1.29, 1.82) is 0 Å². The Hall–Kier alpha value is -3.10. The van der Waals surface area contributed by atoms with Crippen LogP contribution in [-0.2, 0) is 16.0 Å². The zero-order chi connectivity index (χ0) is 22.4. The molecule has 0 bridgehead atoms. The highest BCUT2D eigenvalue weighted by Crippen LogP contribution is 2.26. The summed E-state index contributed by atoms with van der Waals surface area (Å²) in [4.78, 5) is 39.1. The Balaban J connectivity index is 1.80. The Bertz CT molecular complexity index is 953. The highest BCUT2D eigenvalue weighted by Gasteiger charge is 2.35. The van der Waals surface area contributed by atoms with Crippen molar-refractivity contribution in [2.45, 2.75) is 12.5 Å². The number of urea groups is 1. The molecule has 164 valence electrons. The zero-order valence-corrected chi connectivity index (χ0v) is 17.8. The number of hydrogen-bond donors (Lipinski definition) is 3. The van der Waals surface area contributed by atoms with E-state index in [0.717, 1.165) is 4.90 Å². The molecule has 1 heterocycles. The lowest BCUT2D eigenvalue weighted by atomic mass is 9.97. The second-order valence-electron chi connectivity index (χ2n) is 7.18. The predicted octanol–water partition coefficient (Wildman–Crippen LogP) is 1.91. The van der Waals surface area contributed by atoms with Crippen LogP contribution in [0.2, 0.25) is 5.02 Å². The number of ether oxygens (including phenoxy) is 1. The monoisotopic (exact) mass is 445 g/mol. The fraction of sp³-hybridized carbons (Fsp3) is 0.318. The van der Waals surface area contributed by atoms with E-state index in [-0.39, 0.29) is 19.6 Å². The van der Waals surface area contributed by atoms with Gasteiger partial charge in [0.25, 0.3) is 0 Å². The van der Waals surface area contributed by atoms with Gasteiger partial charge >= 0.3 is 6.03 Å². The number of benzene rings is 2. The molecule has 1 unspecified atom stereocenters. The molecule has 0 aromatic heterocycles. The number of aliphatic hydroxyl groups is 1. The van der Waals surface area contributed by atoms with Crippen LogP contribution < -0.4 is 15.4 Å². The van der Waals surface area contributed by atoms with Crippen molar-refractivity contribution in [1.82, 2.24) is 15.5 Å². The number of rotatable bonds is 6. The van der Waals surface area contributed by atoms with Crippen molar-refractivity contribution in [2.24, 2.45) is 5.92 Å². The third-order valence-electron chi connectivity index (χ3n) is 5.10. The molecule has 3 N–H and O–H groups in total. The zero-order valence-electron chi connectivity index (χ0n) is 17.0. The standard InChI is InChI=1S/C22H24ClN3O5/c1-31-19-8-7-17(23)10-15(19)9-16-11-24-20(28)12-26(21(16)29)22(30)25-18(13-27)14-5-3-2-4-6-14/h2-8,10,16,18,27H,9,11-13H2,1H3,(H,24,28)(H,25,30)/t16?,18-/m1/s1. The second-order valence-corrected chi connectivity index (χ2v) is 7.62. The molecule has 0 aliphatic carbocycles. The van der Waals surface area contributed by atoms with Crippen LogP contribution in [0.5, 0.6) is 5.75 Å². The number of amides is 4. The number of hydrogen-bond acceptors (Lipinski definition) is 5. The minimum atomic E-state index is -0.743. The third-order valence-corrected chi connectivity index (χ3v) is 5.33. The maximum absolute atomic E-state index is 13.2. The fourth-order valence-electron chi connectivity index (χ4n) is 3.47. The number of nitrogens with zero attached hydrogens (tertiary/aromatic N) is 1. The van der Waals surface area contributed by atoms with E-state index in [2.05, 4.69) is 10.6 Å². The molecule has 9 heteroatoms. The van der Waals surface area contributed by atoms with Crippen molar-refractivity contribution in [3.63, 3.8) is 0 Å². The maximum Gasteiger partial charge on any atom is 0.325 e. The molecule has 0 radical (unpaired) electrons. The van der Waals surface area contributed by atoms with E-state index >= 15 is 0 Å². The van der Waals surface area contributed by atoms with Crippen molar-refractivity contribution < 1.29 is 24.2 Å². The Labute approximate surface area is 185 Å². The van der Waals surface area contributed by atoms with Gasteiger partial charge in [-0.05, 0) is 35.7 Å². The average Bonchev–Trinajstić information content (AvgIpc) is 2.91. The van der Waals surface area contributed by atoms with Crippen LogP contribution in [0.15, 0.2) is 48.5 Å². The van der Waals surface area contributed by atoms with Gasteiger partial charge in [0.1, 0.15) is 12.3 Å². The van der Waals surface area contributed by atoms with Gasteiger partial charge in [-0.15, -0.1) is 0 Å². The smallest absolute Gasteiger partial charge is 0.325 e. The van der Waals surface area contributed by atoms with Crippen LogP contribution in [0.4, 0.5) is 4.79 Å².